The Morgan fingerprint density at radius 2 is 2.26 bits per heavy atom. The maximum absolute atomic E-state index is 11.9. The third-order valence-corrected chi connectivity index (χ3v) is 5.23. The van der Waals surface area contributed by atoms with Gasteiger partial charge in [0.25, 0.3) is 0 Å². The van der Waals surface area contributed by atoms with Crippen LogP contribution in [0.1, 0.15) is 18.5 Å². The van der Waals surface area contributed by atoms with Gasteiger partial charge in [0, 0.05) is 9.72 Å². The van der Waals surface area contributed by atoms with Gasteiger partial charge in [-0.1, -0.05) is 0 Å². The van der Waals surface area contributed by atoms with Crippen molar-refractivity contribution >= 4 is 39.4 Å². The number of halogens is 1. The SMILES string of the molecule is Cc1nc(NC(=O)CSC2CCNCC2)ccc1Br. The van der Waals surface area contributed by atoms with Crippen molar-refractivity contribution in [3.05, 3.63) is 22.3 Å². The van der Waals surface area contributed by atoms with Crippen LogP contribution in [0.5, 0.6) is 0 Å². The van der Waals surface area contributed by atoms with Gasteiger partial charge in [-0.15, -0.1) is 11.8 Å². The number of carbonyl (C=O) groups is 1. The van der Waals surface area contributed by atoms with Crippen molar-refractivity contribution in [3.8, 4) is 0 Å². The fraction of sp³-hybridized carbons (Fsp3) is 0.538. The molecule has 1 fully saturated rings. The Kier molecular flexibility index (Phi) is 5.66. The molecular weight excluding hydrogens is 326 g/mol. The van der Waals surface area contributed by atoms with E-state index in [1.54, 1.807) is 11.8 Å². The summed E-state index contributed by atoms with van der Waals surface area (Å²) in [6, 6.07) is 3.71. The van der Waals surface area contributed by atoms with E-state index in [1.807, 2.05) is 19.1 Å². The average Bonchev–Trinajstić information content (AvgIpc) is 2.42. The highest BCUT2D eigenvalue weighted by atomic mass is 79.9. The monoisotopic (exact) mass is 343 g/mol. The third kappa shape index (κ3) is 4.78. The molecule has 104 valence electrons. The fourth-order valence-corrected chi connectivity index (χ4v) is 3.20. The summed E-state index contributed by atoms with van der Waals surface area (Å²) in [5.41, 5.74) is 0.879. The van der Waals surface area contributed by atoms with Crippen LogP contribution in [-0.4, -0.2) is 35.0 Å². The molecule has 0 radical (unpaired) electrons. The van der Waals surface area contributed by atoms with Crippen LogP contribution in [0.25, 0.3) is 0 Å². The smallest absolute Gasteiger partial charge is 0.235 e. The number of aryl methyl sites for hydroxylation is 1. The number of hydrogen-bond acceptors (Lipinski definition) is 4. The minimum atomic E-state index is 0.0257. The molecular formula is C13H18BrN3OS. The topological polar surface area (TPSA) is 54.0 Å². The minimum Gasteiger partial charge on any atom is -0.317 e. The summed E-state index contributed by atoms with van der Waals surface area (Å²) in [5.74, 6) is 1.15. The van der Waals surface area contributed by atoms with E-state index < -0.39 is 0 Å². The zero-order valence-corrected chi connectivity index (χ0v) is 13.3. The molecule has 0 bridgehead atoms. The first-order valence-electron chi connectivity index (χ1n) is 6.40. The van der Waals surface area contributed by atoms with Gasteiger partial charge in [0.2, 0.25) is 5.91 Å². The molecule has 0 spiro atoms. The van der Waals surface area contributed by atoms with Crippen LogP contribution in [0.3, 0.4) is 0 Å². The van der Waals surface area contributed by atoms with E-state index in [9.17, 15) is 4.79 Å². The number of carbonyl (C=O) groups excluding carboxylic acids is 1. The molecule has 0 saturated carbocycles. The maximum atomic E-state index is 11.9. The molecule has 0 aromatic carbocycles. The first-order chi connectivity index (χ1) is 9.15. The maximum Gasteiger partial charge on any atom is 0.235 e. The average molecular weight is 344 g/mol. The molecule has 1 saturated heterocycles. The number of thioether (sulfide) groups is 1. The van der Waals surface area contributed by atoms with E-state index in [4.69, 9.17) is 0 Å². The zero-order chi connectivity index (χ0) is 13.7. The standard InChI is InChI=1S/C13H18BrN3OS/c1-9-11(14)2-3-12(16-9)17-13(18)8-19-10-4-6-15-7-5-10/h2-3,10,15H,4-8H2,1H3,(H,16,17,18). The van der Waals surface area contributed by atoms with Gasteiger partial charge in [0.15, 0.2) is 0 Å². The largest absolute Gasteiger partial charge is 0.317 e. The number of rotatable bonds is 4. The van der Waals surface area contributed by atoms with Gasteiger partial charge >= 0.3 is 0 Å². The number of nitrogens with one attached hydrogen (secondary N) is 2. The molecule has 0 atom stereocenters. The van der Waals surface area contributed by atoms with E-state index in [0.717, 1.165) is 36.1 Å². The van der Waals surface area contributed by atoms with E-state index in [0.29, 0.717) is 16.8 Å². The van der Waals surface area contributed by atoms with Crippen molar-refractivity contribution in [1.82, 2.24) is 10.3 Å². The Morgan fingerprint density at radius 1 is 1.53 bits per heavy atom. The highest BCUT2D eigenvalue weighted by molar-refractivity contribution is 9.10. The molecule has 1 aromatic heterocycles. The molecule has 1 aromatic rings. The van der Waals surface area contributed by atoms with Crippen LogP contribution in [0.4, 0.5) is 5.82 Å². The minimum absolute atomic E-state index is 0.0257. The molecule has 19 heavy (non-hydrogen) atoms. The van der Waals surface area contributed by atoms with Gasteiger partial charge in [0.05, 0.1) is 11.4 Å². The molecule has 1 aliphatic heterocycles. The molecule has 2 rings (SSSR count). The number of anilines is 1. The summed E-state index contributed by atoms with van der Waals surface area (Å²) in [7, 11) is 0. The lowest BCUT2D eigenvalue weighted by Gasteiger charge is -2.21. The van der Waals surface area contributed by atoms with Gasteiger partial charge < -0.3 is 10.6 Å². The fourth-order valence-electron chi connectivity index (χ4n) is 1.95. The Balaban J connectivity index is 1.78. The Morgan fingerprint density at radius 3 is 2.95 bits per heavy atom. The number of hydrogen-bond donors (Lipinski definition) is 2. The first kappa shape index (κ1) is 14.8. The second-order valence-electron chi connectivity index (χ2n) is 4.57. The van der Waals surface area contributed by atoms with E-state index >= 15 is 0 Å². The van der Waals surface area contributed by atoms with Crippen LogP contribution >= 0.6 is 27.7 Å². The number of piperidine rings is 1. The predicted molar refractivity (Wildman–Crippen MR) is 83.7 cm³/mol. The quantitative estimate of drug-likeness (QED) is 0.882. The lowest BCUT2D eigenvalue weighted by Crippen LogP contribution is -2.30. The van der Waals surface area contributed by atoms with Crippen molar-refractivity contribution in [2.45, 2.75) is 25.0 Å². The van der Waals surface area contributed by atoms with Gasteiger partial charge in [-0.2, -0.15) is 0 Å². The van der Waals surface area contributed by atoms with Crippen LogP contribution in [0, 0.1) is 6.92 Å². The first-order valence-corrected chi connectivity index (χ1v) is 8.24. The predicted octanol–water partition coefficient (Wildman–Crippen LogP) is 2.58. The molecule has 4 nitrogen and oxygen atoms in total. The summed E-state index contributed by atoms with van der Waals surface area (Å²) in [5, 5.41) is 6.77. The Hall–Kier alpha value is -0.590. The van der Waals surface area contributed by atoms with Crippen LogP contribution < -0.4 is 10.6 Å². The van der Waals surface area contributed by atoms with Gasteiger partial charge in [0.1, 0.15) is 5.82 Å². The van der Waals surface area contributed by atoms with Crippen molar-refractivity contribution in [3.63, 3.8) is 0 Å². The number of amides is 1. The Bertz CT molecular complexity index is 450. The number of pyridine rings is 1. The lowest BCUT2D eigenvalue weighted by molar-refractivity contribution is -0.113. The summed E-state index contributed by atoms with van der Waals surface area (Å²) < 4.78 is 0.953. The second-order valence-corrected chi connectivity index (χ2v) is 6.72. The number of aromatic nitrogens is 1. The van der Waals surface area contributed by atoms with Gasteiger partial charge in [-0.05, 0) is 60.9 Å². The summed E-state index contributed by atoms with van der Waals surface area (Å²) in [4.78, 5) is 16.2. The van der Waals surface area contributed by atoms with Crippen molar-refractivity contribution in [1.29, 1.82) is 0 Å². The van der Waals surface area contributed by atoms with E-state index in [2.05, 4.69) is 31.5 Å². The summed E-state index contributed by atoms with van der Waals surface area (Å²) in [6.45, 7) is 4.03. The van der Waals surface area contributed by atoms with E-state index in [1.165, 1.54) is 0 Å². The molecule has 6 heteroatoms. The lowest BCUT2D eigenvalue weighted by atomic mass is 10.2. The molecule has 0 unspecified atom stereocenters. The van der Waals surface area contributed by atoms with Crippen molar-refractivity contribution < 1.29 is 4.79 Å². The second kappa shape index (κ2) is 7.26. The van der Waals surface area contributed by atoms with Gasteiger partial charge in [-0.3, -0.25) is 4.79 Å². The van der Waals surface area contributed by atoms with Crippen molar-refractivity contribution in [2.24, 2.45) is 0 Å². The highest BCUT2D eigenvalue weighted by Crippen LogP contribution is 2.20. The molecule has 2 heterocycles. The third-order valence-electron chi connectivity index (χ3n) is 3.03. The van der Waals surface area contributed by atoms with Crippen molar-refractivity contribution in [2.75, 3.05) is 24.2 Å². The Labute approximate surface area is 126 Å². The highest BCUT2D eigenvalue weighted by Gasteiger charge is 2.15. The van der Waals surface area contributed by atoms with E-state index in [-0.39, 0.29) is 5.91 Å². The summed E-state index contributed by atoms with van der Waals surface area (Å²) in [6.07, 6.45) is 2.29. The van der Waals surface area contributed by atoms with Crippen LogP contribution in [0.2, 0.25) is 0 Å². The molecule has 1 amide bonds. The molecule has 0 aliphatic carbocycles. The van der Waals surface area contributed by atoms with Crippen LogP contribution in [0.15, 0.2) is 16.6 Å². The number of nitrogens with zero attached hydrogens (tertiary/aromatic N) is 1. The van der Waals surface area contributed by atoms with Gasteiger partial charge in [-0.25, -0.2) is 4.98 Å². The zero-order valence-electron chi connectivity index (χ0n) is 10.9. The summed E-state index contributed by atoms with van der Waals surface area (Å²) >= 11 is 5.14. The molecule has 2 N–H and O–H groups in total. The molecule has 1 aliphatic rings. The van der Waals surface area contributed by atoms with Crippen LogP contribution in [-0.2, 0) is 4.79 Å². The normalized spacial score (nSPS) is 16.3.